The van der Waals surface area contributed by atoms with Gasteiger partial charge in [-0.15, -0.1) is 0 Å². The Morgan fingerprint density at radius 3 is 2.32 bits per heavy atom. The van der Waals surface area contributed by atoms with Gasteiger partial charge in [0.1, 0.15) is 5.92 Å². The minimum atomic E-state index is -0.565. The van der Waals surface area contributed by atoms with Gasteiger partial charge in [-0.25, -0.2) is 0 Å². The molecule has 4 rings (SSSR count). The maximum atomic E-state index is 13.3. The maximum Gasteiger partial charge on any atom is 0.238 e. The summed E-state index contributed by atoms with van der Waals surface area (Å²) in [7, 11) is 4.08. The van der Waals surface area contributed by atoms with E-state index >= 15 is 0 Å². The molecule has 6 nitrogen and oxygen atoms in total. The Morgan fingerprint density at radius 2 is 1.65 bits per heavy atom. The SMILES string of the molecule is CCOc1cc2c(cc1OCC)C(C(=Nc1cccc(CN(C)C)c1)c1ccccc1)C(=O)N2. The quantitative estimate of drug-likeness (QED) is 0.437. The van der Waals surface area contributed by atoms with Crippen molar-refractivity contribution in [3.8, 4) is 11.5 Å². The molecule has 0 saturated carbocycles. The van der Waals surface area contributed by atoms with Crippen molar-refractivity contribution in [3.05, 3.63) is 83.4 Å². The van der Waals surface area contributed by atoms with Gasteiger partial charge in [-0.1, -0.05) is 42.5 Å². The van der Waals surface area contributed by atoms with Crippen LogP contribution in [-0.2, 0) is 11.3 Å². The first-order chi connectivity index (χ1) is 16.5. The van der Waals surface area contributed by atoms with Crippen molar-refractivity contribution in [2.75, 3.05) is 32.6 Å². The number of ether oxygens (including phenoxy) is 2. The second-order valence-electron chi connectivity index (χ2n) is 8.45. The van der Waals surface area contributed by atoms with Crippen molar-refractivity contribution in [2.24, 2.45) is 4.99 Å². The second kappa shape index (κ2) is 10.5. The van der Waals surface area contributed by atoms with E-state index in [1.165, 1.54) is 0 Å². The highest BCUT2D eigenvalue weighted by molar-refractivity contribution is 6.24. The number of carbonyl (C=O) groups excluding carboxylic acids is 1. The van der Waals surface area contributed by atoms with Crippen LogP contribution in [0.3, 0.4) is 0 Å². The molecular formula is C28H31N3O3. The van der Waals surface area contributed by atoms with Crippen molar-refractivity contribution in [3.63, 3.8) is 0 Å². The van der Waals surface area contributed by atoms with Gasteiger partial charge in [-0.05, 0) is 62.8 Å². The Balaban J connectivity index is 1.84. The van der Waals surface area contributed by atoms with E-state index in [1.54, 1.807) is 0 Å². The van der Waals surface area contributed by atoms with Crippen molar-refractivity contribution < 1.29 is 14.3 Å². The average molecular weight is 458 g/mol. The monoisotopic (exact) mass is 457 g/mol. The summed E-state index contributed by atoms with van der Waals surface area (Å²) in [6.45, 7) is 5.69. The van der Waals surface area contributed by atoms with Gasteiger partial charge in [0.2, 0.25) is 5.91 Å². The summed E-state index contributed by atoms with van der Waals surface area (Å²) >= 11 is 0. The zero-order valence-electron chi connectivity index (χ0n) is 20.2. The molecular weight excluding hydrogens is 426 g/mol. The first kappa shape index (κ1) is 23.5. The van der Waals surface area contributed by atoms with Gasteiger partial charge in [0.05, 0.1) is 24.6 Å². The van der Waals surface area contributed by atoms with Gasteiger partial charge in [0.15, 0.2) is 11.5 Å². The molecule has 1 atom stereocenters. The third-order valence-electron chi connectivity index (χ3n) is 5.55. The summed E-state index contributed by atoms with van der Waals surface area (Å²) in [6.07, 6.45) is 0. The van der Waals surface area contributed by atoms with Crippen LogP contribution in [-0.4, -0.2) is 43.8 Å². The third kappa shape index (κ3) is 5.13. The Labute approximate surface area is 201 Å². The van der Waals surface area contributed by atoms with Crippen molar-refractivity contribution in [1.29, 1.82) is 0 Å². The Kier molecular flexibility index (Phi) is 7.28. The predicted molar refractivity (Wildman–Crippen MR) is 137 cm³/mol. The van der Waals surface area contributed by atoms with Gasteiger partial charge >= 0.3 is 0 Å². The van der Waals surface area contributed by atoms with Crippen LogP contribution in [0.2, 0.25) is 0 Å². The van der Waals surface area contributed by atoms with Crippen LogP contribution in [0, 0.1) is 0 Å². The van der Waals surface area contributed by atoms with Crippen molar-refractivity contribution >= 4 is 23.0 Å². The third-order valence-corrected chi connectivity index (χ3v) is 5.55. The number of amides is 1. The first-order valence-corrected chi connectivity index (χ1v) is 11.6. The fourth-order valence-electron chi connectivity index (χ4n) is 4.21. The summed E-state index contributed by atoms with van der Waals surface area (Å²) in [5, 5.41) is 3.03. The maximum absolute atomic E-state index is 13.3. The Bertz CT molecular complexity index is 1190. The van der Waals surface area contributed by atoms with Crippen LogP contribution in [0.4, 0.5) is 11.4 Å². The van der Waals surface area contributed by atoms with Crippen molar-refractivity contribution in [2.45, 2.75) is 26.3 Å². The van der Waals surface area contributed by atoms with E-state index in [0.717, 1.165) is 34.6 Å². The molecule has 0 aliphatic carbocycles. The largest absolute Gasteiger partial charge is 0.490 e. The fraction of sp³-hybridized carbons (Fsp3) is 0.286. The van der Waals surface area contributed by atoms with Crippen molar-refractivity contribution in [1.82, 2.24) is 4.90 Å². The molecule has 1 amide bonds. The fourth-order valence-corrected chi connectivity index (χ4v) is 4.21. The topological polar surface area (TPSA) is 63.2 Å². The molecule has 1 heterocycles. The van der Waals surface area contributed by atoms with E-state index < -0.39 is 5.92 Å². The number of hydrogen-bond acceptors (Lipinski definition) is 5. The molecule has 3 aromatic rings. The van der Waals surface area contributed by atoms with Crippen LogP contribution in [0.1, 0.15) is 36.5 Å². The smallest absolute Gasteiger partial charge is 0.238 e. The molecule has 0 fully saturated rings. The number of rotatable bonds is 9. The lowest BCUT2D eigenvalue weighted by Gasteiger charge is -2.17. The number of nitrogens with zero attached hydrogens (tertiary/aromatic N) is 2. The highest BCUT2D eigenvalue weighted by Crippen LogP contribution is 2.43. The average Bonchev–Trinajstić information content (AvgIpc) is 3.13. The number of benzene rings is 3. The van der Waals surface area contributed by atoms with E-state index in [2.05, 4.69) is 22.3 Å². The van der Waals surface area contributed by atoms with Crippen LogP contribution in [0.5, 0.6) is 11.5 Å². The lowest BCUT2D eigenvalue weighted by molar-refractivity contribution is -0.115. The van der Waals surface area contributed by atoms with E-state index in [0.29, 0.717) is 30.4 Å². The number of aliphatic imine (C=N–C) groups is 1. The Hall–Kier alpha value is -3.64. The summed E-state index contributed by atoms with van der Waals surface area (Å²) in [5.74, 6) is 0.576. The van der Waals surface area contributed by atoms with E-state index in [4.69, 9.17) is 14.5 Å². The number of carbonyl (C=O) groups is 1. The molecule has 34 heavy (non-hydrogen) atoms. The number of anilines is 1. The number of fused-ring (bicyclic) bond motifs is 1. The lowest BCUT2D eigenvalue weighted by Crippen LogP contribution is -2.22. The zero-order valence-corrected chi connectivity index (χ0v) is 20.2. The zero-order chi connectivity index (χ0) is 24.1. The normalized spacial score (nSPS) is 15.3. The lowest BCUT2D eigenvalue weighted by atomic mass is 9.90. The molecule has 1 aliphatic heterocycles. The van der Waals surface area contributed by atoms with Gasteiger partial charge < -0.3 is 19.7 Å². The van der Waals surface area contributed by atoms with Crippen LogP contribution < -0.4 is 14.8 Å². The van der Waals surface area contributed by atoms with E-state index in [-0.39, 0.29) is 5.91 Å². The Morgan fingerprint density at radius 1 is 0.941 bits per heavy atom. The van der Waals surface area contributed by atoms with Crippen LogP contribution in [0.25, 0.3) is 0 Å². The molecule has 0 spiro atoms. The van der Waals surface area contributed by atoms with E-state index in [1.807, 2.05) is 82.5 Å². The minimum Gasteiger partial charge on any atom is -0.490 e. The second-order valence-corrected chi connectivity index (χ2v) is 8.45. The summed E-state index contributed by atoms with van der Waals surface area (Å²) in [5.41, 5.74) is 5.15. The predicted octanol–water partition coefficient (Wildman–Crippen LogP) is 5.40. The molecule has 1 N–H and O–H groups in total. The van der Waals surface area contributed by atoms with Gasteiger partial charge in [0, 0.05) is 18.3 Å². The standard InChI is InChI=1S/C28H31N3O3/c1-5-33-24-16-22-23(17-25(24)34-6-2)30-28(32)26(22)27(20-12-8-7-9-13-20)29-21-14-10-11-19(15-21)18-31(3)4/h7-17,26H,5-6,18H2,1-4H3,(H,30,32). The highest BCUT2D eigenvalue weighted by Gasteiger charge is 2.36. The summed E-state index contributed by atoms with van der Waals surface area (Å²) in [4.78, 5) is 20.5. The summed E-state index contributed by atoms with van der Waals surface area (Å²) < 4.78 is 11.6. The molecule has 1 unspecified atom stereocenters. The summed E-state index contributed by atoms with van der Waals surface area (Å²) in [6, 6.07) is 21.8. The van der Waals surface area contributed by atoms with Gasteiger partial charge in [-0.3, -0.25) is 9.79 Å². The van der Waals surface area contributed by atoms with E-state index in [9.17, 15) is 4.79 Å². The molecule has 176 valence electrons. The molecule has 0 saturated heterocycles. The molecule has 1 aliphatic rings. The molecule has 0 radical (unpaired) electrons. The van der Waals surface area contributed by atoms with Crippen LogP contribution >= 0.6 is 0 Å². The number of nitrogens with one attached hydrogen (secondary N) is 1. The first-order valence-electron chi connectivity index (χ1n) is 11.6. The molecule has 0 bridgehead atoms. The van der Waals surface area contributed by atoms with Gasteiger partial charge in [-0.2, -0.15) is 0 Å². The molecule has 0 aromatic heterocycles. The van der Waals surface area contributed by atoms with Crippen LogP contribution in [0.15, 0.2) is 71.7 Å². The minimum absolute atomic E-state index is 0.113. The molecule has 6 heteroatoms. The highest BCUT2D eigenvalue weighted by atomic mass is 16.5. The number of hydrogen-bond donors (Lipinski definition) is 1. The van der Waals surface area contributed by atoms with Gasteiger partial charge in [0.25, 0.3) is 0 Å². The molecule has 3 aromatic carbocycles.